The van der Waals surface area contributed by atoms with Crippen LogP contribution < -0.4 is 4.74 Å². The summed E-state index contributed by atoms with van der Waals surface area (Å²) in [5.74, 6) is 0.799. The molecule has 2 rings (SSSR count). The van der Waals surface area contributed by atoms with Gasteiger partial charge in [-0.1, -0.05) is 6.92 Å². The number of aliphatic hydroxyl groups excluding tert-OH is 1. The zero-order valence-corrected chi connectivity index (χ0v) is 11.7. The summed E-state index contributed by atoms with van der Waals surface area (Å²) in [6.45, 7) is 2.08. The van der Waals surface area contributed by atoms with Crippen LogP contribution in [0.1, 0.15) is 29.3 Å². The molecule has 1 N–H and O–H groups in total. The second-order valence-electron chi connectivity index (χ2n) is 4.21. The first-order valence-electron chi connectivity index (χ1n) is 5.96. The van der Waals surface area contributed by atoms with Crippen LogP contribution >= 0.6 is 11.3 Å². The highest BCUT2D eigenvalue weighted by Gasteiger charge is 2.14. The summed E-state index contributed by atoms with van der Waals surface area (Å²) in [6.07, 6.45) is 0.989. The SMILES string of the molecule is CCc1cc(CC(O)c2cc(OC)cs2)n(C)n1. The van der Waals surface area contributed by atoms with Gasteiger partial charge in [0.15, 0.2) is 0 Å². The van der Waals surface area contributed by atoms with E-state index in [0.29, 0.717) is 6.42 Å². The van der Waals surface area contributed by atoms with Crippen molar-refractivity contribution in [2.24, 2.45) is 7.05 Å². The molecule has 0 aromatic carbocycles. The standard InChI is InChI=1S/C13H18N2O2S/c1-4-9-5-10(15(2)14-9)6-12(16)13-7-11(17-3)8-18-13/h5,7-8,12,16H,4,6H2,1-3H3. The Bertz CT molecular complexity index is 519. The first-order chi connectivity index (χ1) is 8.63. The van der Waals surface area contributed by atoms with Gasteiger partial charge in [-0.2, -0.15) is 5.10 Å². The number of hydrogen-bond donors (Lipinski definition) is 1. The molecule has 0 fully saturated rings. The Hall–Kier alpha value is -1.33. The molecule has 0 saturated carbocycles. The molecule has 0 aliphatic carbocycles. The maximum atomic E-state index is 10.2. The Morgan fingerprint density at radius 2 is 2.28 bits per heavy atom. The normalized spacial score (nSPS) is 12.7. The average molecular weight is 266 g/mol. The average Bonchev–Trinajstić information content (AvgIpc) is 2.96. The highest BCUT2D eigenvalue weighted by atomic mass is 32.1. The number of aliphatic hydroxyl groups is 1. The fourth-order valence-electron chi connectivity index (χ4n) is 1.85. The summed E-state index contributed by atoms with van der Waals surface area (Å²) in [7, 11) is 3.54. The molecule has 1 unspecified atom stereocenters. The summed E-state index contributed by atoms with van der Waals surface area (Å²) in [6, 6.07) is 3.93. The van der Waals surface area contributed by atoms with E-state index in [4.69, 9.17) is 4.74 Å². The lowest BCUT2D eigenvalue weighted by atomic mass is 10.1. The summed E-state index contributed by atoms with van der Waals surface area (Å²) in [5.41, 5.74) is 2.11. The molecule has 5 heteroatoms. The third-order valence-corrected chi connectivity index (χ3v) is 3.96. The van der Waals surface area contributed by atoms with Crippen molar-refractivity contribution in [3.05, 3.63) is 33.8 Å². The fraction of sp³-hybridized carbons (Fsp3) is 0.462. The number of thiophene rings is 1. The molecule has 18 heavy (non-hydrogen) atoms. The third kappa shape index (κ3) is 2.73. The number of rotatable bonds is 5. The minimum Gasteiger partial charge on any atom is -0.496 e. The topological polar surface area (TPSA) is 47.3 Å². The molecule has 2 heterocycles. The first kappa shape index (κ1) is 13.1. The number of aryl methyl sites for hydroxylation is 2. The van der Waals surface area contributed by atoms with Crippen LogP contribution in [0.5, 0.6) is 5.75 Å². The number of aromatic nitrogens is 2. The minimum absolute atomic E-state index is 0.501. The lowest BCUT2D eigenvalue weighted by Crippen LogP contribution is -2.05. The van der Waals surface area contributed by atoms with Gasteiger partial charge >= 0.3 is 0 Å². The van der Waals surface area contributed by atoms with Crippen molar-refractivity contribution in [1.29, 1.82) is 0 Å². The van der Waals surface area contributed by atoms with Crippen LogP contribution in [0.25, 0.3) is 0 Å². The van der Waals surface area contributed by atoms with Crippen LogP contribution in [-0.4, -0.2) is 22.0 Å². The molecule has 0 saturated heterocycles. The summed E-state index contributed by atoms with van der Waals surface area (Å²) in [4.78, 5) is 0.922. The van der Waals surface area contributed by atoms with Crippen molar-refractivity contribution in [1.82, 2.24) is 9.78 Å². The van der Waals surface area contributed by atoms with Crippen molar-refractivity contribution in [2.45, 2.75) is 25.9 Å². The molecule has 4 nitrogen and oxygen atoms in total. The molecule has 2 aromatic heterocycles. The zero-order chi connectivity index (χ0) is 13.1. The Morgan fingerprint density at radius 1 is 1.50 bits per heavy atom. The molecule has 1 atom stereocenters. The second-order valence-corrected chi connectivity index (χ2v) is 5.16. The Balaban J connectivity index is 2.10. The van der Waals surface area contributed by atoms with Crippen molar-refractivity contribution < 1.29 is 9.84 Å². The van der Waals surface area contributed by atoms with Gasteiger partial charge in [-0.25, -0.2) is 0 Å². The number of hydrogen-bond acceptors (Lipinski definition) is 4. The van der Waals surface area contributed by atoms with Gasteiger partial charge in [0.1, 0.15) is 5.75 Å². The van der Waals surface area contributed by atoms with Gasteiger partial charge in [-0.05, 0) is 18.6 Å². The van der Waals surface area contributed by atoms with Gasteiger partial charge in [-0.3, -0.25) is 4.68 Å². The van der Waals surface area contributed by atoms with Crippen molar-refractivity contribution >= 4 is 11.3 Å². The quantitative estimate of drug-likeness (QED) is 0.903. The molecule has 0 spiro atoms. The van der Waals surface area contributed by atoms with Crippen LogP contribution in [0.2, 0.25) is 0 Å². The lowest BCUT2D eigenvalue weighted by Gasteiger charge is -2.08. The fourth-order valence-corrected chi connectivity index (χ4v) is 2.69. The molecule has 0 aliphatic rings. The van der Waals surface area contributed by atoms with E-state index in [1.165, 1.54) is 11.3 Å². The highest BCUT2D eigenvalue weighted by molar-refractivity contribution is 7.10. The Kier molecular flexibility index (Phi) is 4.04. The first-order valence-corrected chi connectivity index (χ1v) is 6.84. The van der Waals surface area contributed by atoms with Crippen LogP contribution in [0.15, 0.2) is 17.5 Å². The largest absolute Gasteiger partial charge is 0.496 e. The van der Waals surface area contributed by atoms with E-state index in [0.717, 1.165) is 28.4 Å². The monoisotopic (exact) mass is 266 g/mol. The lowest BCUT2D eigenvalue weighted by molar-refractivity contribution is 0.179. The van der Waals surface area contributed by atoms with E-state index >= 15 is 0 Å². The van der Waals surface area contributed by atoms with Crippen molar-refractivity contribution in [3.63, 3.8) is 0 Å². The van der Waals surface area contributed by atoms with Crippen molar-refractivity contribution in [3.8, 4) is 5.75 Å². The molecule has 0 bridgehead atoms. The maximum Gasteiger partial charge on any atom is 0.129 e. The smallest absolute Gasteiger partial charge is 0.129 e. The molecule has 0 amide bonds. The second kappa shape index (κ2) is 5.54. The zero-order valence-electron chi connectivity index (χ0n) is 10.9. The Morgan fingerprint density at radius 3 is 2.83 bits per heavy atom. The summed E-state index contributed by atoms with van der Waals surface area (Å²) < 4.78 is 6.96. The maximum absolute atomic E-state index is 10.2. The Labute approximate surface area is 111 Å². The molecular formula is C13H18N2O2S. The van der Waals surface area contributed by atoms with Crippen LogP contribution in [-0.2, 0) is 19.9 Å². The van der Waals surface area contributed by atoms with Crippen LogP contribution in [0.3, 0.4) is 0 Å². The summed E-state index contributed by atoms with van der Waals surface area (Å²) in [5, 5.41) is 16.5. The number of nitrogens with zero attached hydrogens (tertiary/aromatic N) is 2. The van der Waals surface area contributed by atoms with E-state index in [9.17, 15) is 5.11 Å². The van der Waals surface area contributed by atoms with Crippen LogP contribution in [0.4, 0.5) is 0 Å². The summed E-state index contributed by atoms with van der Waals surface area (Å²) >= 11 is 1.52. The third-order valence-electron chi connectivity index (χ3n) is 2.95. The van der Waals surface area contributed by atoms with Gasteiger partial charge in [-0.15, -0.1) is 11.3 Å². The highest BCUT2D eigenvalue weighted by Crippen LogP contribution is 2.28. The van der Waals surface area contributed by atoms with Crippen molar-refractivity contribution in [2.75, 3.05) is 7.11 Å². The van der Waals surface area contributed by atoms with Gasteiger partial charge in [0.05, 0.1) is 18.9 Å². The van der Waals surface area contributed by atoms with E-state index in [-0.39, 0.29) is 0 Å². The molecule has 0 radical (unpaired) electrons. The van der Waals surface area contributed by atoms with E-state index < -0.39 is 6.10 Å². The van der Waals surface area contributed by atoms with Gasteiger partial charge in [0, 0.05) is 29.4 Å². The molecule has 98 valence electrons. The van der Waals surface area contributed by atoms with Gasteiger partial charge in [0.25, 0.3) is 0 Å². The number of methoxy groups -OCH3 is 1. The van der Waals surface area contributed by atoms with E-state index in [2.05, 4.69) is 12.0 Å². The van der Waals surface area contributed by atoms with Gasteiger partial charge < -0.3 is 9.84 Å². The van der Waals surface area contributed by atoms with E-state index in [1.54, 1.807) is 7.11 Å². The van der Waals surface area contributed by atoms with E-state index in [1.807, 2.05) is 29.2 Å². The minimum atomic E-state index is -0.501. The molecule has 0 aliphatic heterocycles. The predicted molar refractivity (Wildman–Crippen MR) is 72.1 cm³/mol. The predicted octanol–water partition coefficient (Wildman–Crippen LogP) is 2.33. The molecular weight excluding hydrogens is 248 g/mol. The van der Waals surface area contributed by atoms with Crippen LogP contribution in [0, 0.1) is 0 Å². The van der Waals surface area contributed by atoms with Gasteiger partial charge in [0.2, 0.25) is 0 Å². The molecule has 2 aromatic rings. The number of ether oxygens (including phenoxy) is 1.